The first-order chi connectivity index (χ1) is 8.58. The van der Waals surface area contributed by atoms with E-state index in [2.05, 4.69) is 0 Å². The van der Waals surface area contributed by atoms with E-state index in [0.29, 0.717) is 11.3 Å². The Morgan fingerprint density at radius 3 is 2.56 bits per heavy atom. The maximum absolute atomic E-state index is 13.5. The third-order valence-corrected chi connectivity index (χ3v) is 2.10. The smallest absolute Gasteiger partial charge is 0.302 e. The number of methoxy groups -OCH3 is 2. The van der Waals surface area contributed by atoms with E-state index in [1.165, 1.54) is 33.3 Å². The minimum Gasteiger partial charge on any atom is -0.494 e. The first-order valence-corrected chi connectivity index (χ1v) is 5.20. The zero-order valence-electron chi connectivity index (χ0n) is 10.5. The van der Waals surface area contributed by atoms with Crippen molar-refractivity contribution in [1.29, 1.82) is 0 Å². The van der Waals surface area contributed by atoms with Gasteiger partial charge in [0.05, 0.1) is 7.11 Å². The van der Waals surface area contributed by atoms with Crippen molar-refractivity contribution in [3.05, 3.63) is 23.5 Å². The highest BCUT2D eigenvalue weighted by Crippen LogP contribution is 2.28. The number of ether oxygens (including phenoxy) is 4. The molecule has 0 fully saturated rings. The number of carbonyl (C=O) groups excluding carboxylic acids is 1. The second-order valence-corrected chi connectivity index (χ2v) is 3.43. The second-order valence-electron chi connectivity index (χ2n) is 3.43. The van der Waals surface area contributed by atoms with Crippen molar-refractivity contribution < 1.29 is 28.1 Å². The van der Waals surface area contributed by atoms with Crippen molar-refractivity contribution in [1.82, 2.24) is 0 Å². The monoisotopic (exact) mass is 258 g/mol. The molecule has 1 aromatic rings. The summed E-state index contributed by atoms with van der Waals surface area (Å²) in [6.07, 6.45) is 0. The summed E-state index contributed by atoms with van der Waals surface area (Å²) < 4.78 is 33.2. The van der Waals surface area contributed by atoms with Gasteiger partial charge in [0.15, 0.2) is 18.4 Å². The van der Waals surface area contributed by atoms with E-state index in [4.69, 9.17) is 18.9 Å². The van der Waals surface area contributed by atoms with E-state index >= 15 is 0 Å². The van der Waals surface area contributed by atoms with Crippen molar-refractivity contribution in [2.45, 2.75) is 13.5 Å². The fourth-order valence-electron chi connectivity index (χ4n) is 1.28. The molecule has 0 bridgehead atoms. The molecule has 0 unspecified atom stereocenters. The van der Waals surface area contributed by atoms with Gasteiger partial charge in [-0.05, 0) is 6.07 Å². The zero-order valence-corrected chi connectivity index (χ0v) is 10.5. The molecule has 18 heavy (non-hydrogen) atoms. The number of halogens is 1. The molecule has 0 amide bonds. The molecule has 0 saturated carbocycles. The summed E-state index contributed by atoms with van der Waals surface area (Å²) in [4.78, 5) is 10.7. The zero-order chi connectivity index (χ0) is 13.5. The molecule has 1 rings (SSSR count). The number of benzene rings is 1. The van der Waals surface area contributed by atoms with Crippen LogP contribution in [0.4, 0.5) is 4.39 Å². The van der Waals surface area contributed by atoms with Gasteiger partial charge in [0.2, 0.25) is 0 Å². The summed E-state index contributed by atoms with van der Waals surface area (Å²) in [6, 6.07) is 2.58. The molecular formula is C12H15FO5. The summed E-state index contributed by atoms with van der Waals surface area (Å²) >= 11 is 0. The van der Waals surface area contributed by atoms with Crippen molar-refractivity contribution in [3.63, 3.8) is 0 Å². The molecule has 0 saturated heterocycles. The van der Waals surface area contributed by atoms with Gasteiger partial charge in [-0.2, -0.15) is 0 Å². The van der Waals surface area contributed by atoms with Gasteiger partial charge in [-0.1, -0.05) is 0 Å². The van der Waals surface area contributed by atoms with Gasteiger partial charge in [-0.15, -0.1) is 0 Å². The van der Waals surface area contributed by atoms with E-state index in [1.54, 1.807) is 0 Å². The van der Waals surface area contributed by atoms with Gasteiger partial charge in [0.25, 0.3) is 0 Å². The first kappa shape index (κ1) is 14.2. The number of esters is 1. The van der Waals surface area contributed by atoms with Crippen LogP contribution in [0.25, 0.3) is 0 Å². The number of carbonyl (C=O) groups is 1. The third-order valence-electron chi connectivity index (χ3n) is 2.10. The van der Waals surface area contributed by atoms with E-state index in [-0.39, 0.29) is 19.1 Å². The average Bonchev–Trinajstić information content (AvgIpc) is 2.34. The van der Waals surface area contributed by atoms with Gasteiger partial charge >= 0.3 is 5.97 Å². The Bertz CT molecular complexity index is 419. The Hall–Kier alpha value is -1.82. The van der Waals surface area contributed by atoms with Crippen LogP contribution in [0.3, 0.4) is 0 Å². The van der Waals surface area contributed by atoms with Gasteiger partial charge in [0, 0.05) is 25.7 Å². The summed E-state index contributed by atoms with van der Waals surface area (Å²) in [5, 5.41) is 0. The lowest BCUT2D eigenvalue weighted by molar-refractivity contribution is -0.142. The maximum atomic E-state index is 13.5. The minimum atomic E-state index is -0.551. The lowest BCUT2D eigenvalue weighted by Gasteiger charge is -2.13. The Morgan fingerprint density at radius 1 is 1.28 bits per heavy atom. The molecule has 0 N–H and O–H groups in total. The summed E-state index contributed by atoms with van der Waals surface area (Å²) in [5.74, 6) is -0.614. The van der Waals surface area contributed by atoms with Gasteiger partial charge < -0.3 is 18.9 Å². The van der Waals surface area contributed by atoms with Crippen LogP contribution in [-0.2, 0) is 20.9 Å². The largest absolute Gasteiger partial charge is 0.494 e. The molecule has 100 valence electrons. The predicted octanol–water partition coefficient (Wildman–Crippen LogP) is 1.88. The highest BCUT2D eigenvalue weighted by atomic mass is 19.1. The van der Waals surface area contributed by atoms with E-state index < -0.39 is 11.8 Å². The van der Waals surface area contributed by atoms with Crippen molar-refractivity contribution in [2.24, 2.45) is 0 Å². The fourth-order valence-corrected chi connectivity index (χ4v) is 1.28. The Morgan fingerprint density at radius 2 is 2.00 bits per heavy atom. The molecule has 5 nitrogen and oxygen atoms in total. The summed E-state index contributed by atoms with van der Waals surface area (Å²) in [6.45, 7) is 1.20. The quantitative estimate of drug-likeness (QED) is 0.576. The number of hydrogen-bond acceptors (Lipinski definition) is 5. The standard InChI is InChI=1S/C12H15FO5/c1-8(14)17-6-9-4-10(13)12(16-3)5-11(9)18-7-15-2/h4-5H,6-7H2,1-3H3. The number of rotatable bonds is 6. The molecule has 1 aromatic carbocycles. The predicted molar refractivity (Wildman–Crippen MR) is 60.9 cm³/mol. The lowest BCUT2D eigenvalue weighted by Crippen LogP contribution is -2.06. The Labute approximate surface area is 104 Å². The van der Waals surface area contributed by atoms with Crippen LogP contribution in [0.5, 0.6) is 11.5 Å². The molecule has 6 heteroatoms. The molecule has 0 aromatic heterocycles. The molecule has 0 spiro atoms. The third kappa shape index (κ3) is 3.89. The fraction of sp³-hybridized carbons (Fsp3) is 0.417. The second kappa shape index (κ2) is 6.80. The highest BCUT2D eigenvalue weighted by Gasteiger charge is 2.12. The molecule has 0 atom stereocenters. The molecule has 0 heterocycles. The molecule has 0 aliphatic carbocycles. The van der Waals surface area contributed by atoms with Crippen LogP contribution in [0.2, 0.25) is 0 Å². The van der Waals surface area contributed by atoms with Crippen LogP contribution < -0.4 is 9.47 Å². The topological polar surface area (TPSA) is 54.0 Å². The lowest BCUT2D eigenvalue weighted by atomic mass is 10.2. The highest BCUT2D eigenvalue weighted by molar-refractivity contribution is 5.66. The molecule has 0 aliphatic rings. The van der Waals surface area contributed by atoms with Crippen LogP contribution in [0, 0.1) is 5.82 Å². The van der Waals surface area contributed by atoms with Gasteiger partial charge in [-0.3, -0.25) is 4.79 Å². The normalized spacial score (nSPS) is 10.0. The summed E-state index contributed by atoms with van der Waals surface area (Å²) in [5.41, 5.74) is 0.403. The number of hydrogen-bond donors (Lipinski definition) is 0. The van der Waals surface area contributed by atoms with Crippen LogP contribution >= 0.6 is 0 Å². The van der Waals surface area contributed by atoms with E-state index in [0.717, 1.165) is 0 Å². The Kier molecular flexibility index (Phi) is 5.38. The van der Waals surface area contributed by atoms with Crippen molar-refractivity contribution in [3.8, 4) is 11.5 Å². The average molecular weight is 258 g/mol. The van der Waals surface area contributed by atoms with E-state index in [9.17, 15) is 9.18 Å². The van der Waals surface area contributed by atoms with Crippen LogP contribution in [0.15, 0.2) is 12.1 Å². The van der Waals surface area contributed by atoms with Gasteiger partial charge in [0.1, 0.15) is 12.4 Å². The molecule has 0 radical (unpaired) electrons. The first-order valence-electron chi connectivity index (χ1n) is 5.20. The van der Waals surface area contributed by atoms with Crippen LogP contribution in [0.1, 0.15) is 12.5 Å². The maximum Gasteiger partial charge on any atom is 0.302 e. The SMILES string of the molecule is COCOc1cc(OC)c(F)cc1COC(C)=O. The summed E-state index contributed by atoms with van der Waals surface area (Å²) in [7, 11) is 2.82. The minimum absolute atomic E-state index is 0.00184. The molecular weight excluding hydrogens is 243 g/mol. The van der Waals surface area contributed by atoms with Gasteiger partial charge in [-0.25, -0.2) is 4.39 Å². The van der Waals surface area contributed by atoms with E-state index in [1.807, 2.05) is 0 Å². The van der Waals surface area contributed by atoms with Crippen LogP contribution in [-0.4, -0.2) is 27.0 Å². The van der Waals surface area contributed by atoms with Crippen molar-refractivity contribution >= 4 is 5.97 Å². The molecule has 0 aliphatic heterocycles. The Balaban J connectivity index is 2.96. The van der Waals surface area contributed by atoms with Crippen molar-refractivity contribution in [2.75, 3.05) is 21.0 Å².